The Morgan fingerprint density at radius 3 is 1.60 bits per heavy atom. The molecule has 0 aliphatic rings. The van der Waals surface area contributed by atoms with Gasteiger partial charge < -0.3 is 47.2 Å². The minimum atomic E-state index is -1.74. The number of carboxylic acids is 3. The lowest BCUT2D eigenvalue weighted by molar-refractivity contribution is -0.144. The van der Waals surface area contributed by atoms with E-state index in [1.807, 2.05) is 16.0 Å². The number of carboxylic acid groups (broad SMARTS) is 3. The molecule has 0 saturated carbocycles. The van der Waals surface area contributed by atoms with E-state index in [2.05, 4.69) is 0 Å². The summed E-state index contributed by atoms with van der Waals surface area (Å²) in [6, 6.07) is -6.53. The van der Waals surface area contributed by atoms with Crippen molar-refractivity contribution >= 4 is 35.6 Å². The molecule has 30 heavy (non-hydrogen) atoms. The summed E-state index contributed by atoms with van der Waals surface area (Å²) in [4.78, 5) is 68.5. The van der Waals surface area contributed by atoms with E-state index in [9.17, 15) is 33.9 Å². The molecule has 0 fully saturated rings. The fourth-order valence-corrected chi connectivity index (χ4v) is 2.00. The molecule has 0 heterocycles. The summed E-state index contributed by atoms with van der Waals surface area (Å²) < 4.78 is 0. The van der Waals surface area contributed by atoms with E-state index in [0.717, 1.165) is 0 Å². The minimum Gasteiger partial charge on any atom is -0.481 e. The molecule has 10 N–H and O–H groups in total. The molecule has 0 radical (unpaired) electrons. The zero-order valence-corrected chi connectivity index (χ0v) is 15.6. The second-order valence-corrected chi connectivity index (χ2v) is 6.02. The van der Waals surface area contributed by atoms with Crippen molar-refractivity contribution in [2.24, 2.45) is 5.73 Å². The average molecular weight is 436 g/mol. The van der Waals surface area contributed by atoms with Crippen LogP contribution in [0.15, 0.2) is 0 Å². The van der Waals surface area contributed by atoms with Crippen LogP contribution < -0.4 is 21.7 Å². The van der Waals surface area contributed by atoms with Crippen LogP contribution >= 0.6 is 0 Å². The Hall–Kier alpha value is -3.30. The molecule has 4 unspecified atom stereocenters. The van der Waals surface area contributed by atoms with Crippen LogP contribution in [0.1, 0.15) is 19.3 Å². The molecular formula is C15H24N4O11. The first-order valence-corrected chi connectivity index (χ1v) is 8.47. The summed E-state index contributed by atoms with van der Waals surface area (Å²) in [6.45, 7) is -1.99. The number of aliphatic carboxylic acids is 3. The zero-order chi connectivity index (χ0) is 23.4. The first-order valence-electron chi connectivity index (χ1n) is 8.47. The number of aliphatic hydroxyl groups excluding tert-OH is 2. The van der Waals surface area contributed by atoms with Crippen molar-refractivity contribution in [2.75, 3.05) is 13.2 Å². The number of rotatable bonds is 14. The summed E-state index contributed by atoms with van der Waals surface area (Å²) in [5.74, 6) is -7.73. The van der Waals surface area contributed by atoms with Crippen molar-refractivity contribution in [3.8, 4) is 0 Å². The van der Waals surface area contributed by atoms with E-state index in [4.69, 9.17) is 26.2 Å². The number of nitrogens with two attached hydrogens (primary N) is 1. The molecule has 0 aliphatic heterocycles. The molecule has 0 saturated heterocycles. The monoisotopic (exact) mass is 436 g/mol. The number of nitrogens with one attached hydrogen (secondary N) is 3. The van der Waals surface area contributed by atoms with Crippen LogP contribution in [0.25, 0.3) is 0 Å². The predicted octanol–water partition coefficient (Wildman–Crippen LogP) is -4.82. The lowest BCUT2D eigenvalue weighted by atomic mass is 10.1. The molecule has 3 amide bonds. The van der Waals surface area contributed by atoms with Gasteiger partial charge in [-0.1, -0.05) is 0 Å². The molecule has 0 aromatic carbocycles. The van der Waals surface area contributed by atoms with Gasteiger partial charge in [-0.15, -0.1) is 0 Å². The van der Waals surface area contributed by atoms with E-state index in [1.165, 1.54) is 0 Å². The number of aliphatic hydroxyl groups is 2. The highest BCUT2D eigenvalue weighted by atomic mass is 16.4. The van der Waals surface area contributed by atoms with Crippen LogP contribution in [0.2, 0.25) is 0 Å². The van der Waals surface area contributed by atoms with Crippen LogP contribution in [-0.4, -0.2) is 98.5 Å². The highest BCUT2D eigenvalue weighted by Gasteiger charge is 2.31. The number of hydrogen-bond donors (Lipinski definition) is 9. The van der Waals surface area contributed by atoms with Crippen LogP contribution in [0, 0.1) is 0 Å². The Balaban J connectivity index is 5.16. The highest BCUT2D eigenvalue weighted by Crippen LogP contribution is 2.00. The van der Waals surface area contributed by atoms with Crippen LogP contribution in [0.5, 0.6) is 0 Å². The van der Waals surface area contributed by atoms with Gasteiger partial charge in [0.15, 0.2) is 0 Å². The van der Waals surface area contributed by atoms with Crippen LogP contribution in [0.3, 0.4) is 0 Å². The topological polar surface area (TPSA) is 266 Å². The normalized spacial score (nSPS) is 14.5. The second-order valence-electron chi connectivity index (χ2n) is 6.02. The van der Waals surface area contributed by atoms with Gasteiger partial charge in [-0.3, -0.25) is 24.0 Å². The Labute approximate surface area is 169 Å². The van der Waals surface area contributed by atoms with Crippen molar-refractivity contribution in [1.82, 2.24) is 16.0 Å². The van der Waals surface area contributed by atoms with E-state index >= 15 is 0 Å². The van der Waals surface area contributed by atoms with Gasteiger partial charge in [0.05, 0.1) is 25.7 Å². The summed E-state index contributed by atoms with van der Waals surface area (Å²) in [7, 11) is 0. The Kier molecular flexibility index (Phi) is 11.6. The number of hydrogen-bond acceptors (Lipinski definition) is 9. The molecule has 0 aliphatic carbocycles. The first-order chi connectivity index (χ1) is 13.9. The molecule has 15 heteroatoms. The summed E-state index contributed by atoms with van der Waals surface area (Å²) in [5.41, 5.74) is 5.48. The second kappa shape index (κ2) is 13.0. The molecule has 15 nitrogen and oxygen atoms in total. The maximum Gasteiger partial charge on any atom is 0.328 e. The molecule has 0 aromatic rings. The lowest BCUT2D eigenvalue weighted by Crippen LogP contribution is -2.58. The van der Waals surface area contributed by atoms with Gasteiger partial charge in [0.1, 0.15) is 18.1 Å². The third-order valence-electron chi connectivity index (χ3n) is 3.63. The van der Waals surface area contributed by atoms with Crippen LogP contribution in [-0.2, 0) is 28.8 Å². The third kappa shape index (κ3) is 9.76. The van der Waals surface area contributed by atoms with E-state index in [1.54, 1.807) is 0 Å². The Morgan fingerprint density at radius 2 is 1.17 bits per heavy atom. The van der Waals surface area contributed by atoms with Gasteiger partial charge in [0.25, 0.3) is 0 Å². The number of carbonyl (C=O) groups is 6. The van der Waals surface area contributed by atoms with E-state index in [-0.39, 0.29) is 6.42 Å². The SMILES string of the molecule is NC(CCC(=O)O)C(=O)NC(CC(=O)O)C(=O)NC(CO)C(=O)NC(CO)C(=O)O. The largest absolute Gasteiger partial charge is 0.481 e. The first kappa shape index (κ1) is 26.7. The van der Waals surface area contributed by atoms with Gasteiger partial charge >= 0.3 is 17.9 Å². The number of carbonyl (C=O) groups excluding carboxylic acids is 3. The Morgan fingerprint density at radius 1 is 0.700 bits per heavy atom. The van der Waals surface area contributed by atoms with Crippen molar-refractivity contribution in [3.05, 3.63) is 0 Å². The lowest BCUT2D eigenvalue weighted by Gasteiger charge is -2.23. The van der Waals surface area contributed by atoms with Crippen molar-refractivity contribution in [2.45, 2.75) is 43.4 Å². The smallest absolute Gasteiger partial charge is 0.328 e. The fourth-order valence-electron chi connectivity index (χ4n) is 2.00. The van der Waals surface area contributed by atoms with E-state index < -0.39 is 85.9 Å². The number of amides is 3. The van der Waals surface area contributed by atoms with Gasteiger partial charge in [0.2, 0.25) is 17.7 Å². The quantitative estimate of drug-likeness (QED) is 0.124. The Bertz CT molecular complexity index is 669. The van der Waals surface area contributed by atoms with Gasteiger partial charge in [0, 0.05) is 6.42 Å². The minimum absolute atomic E-state index is 0.290. The zero-order valence-electron chi connectivity index (χ0n) is 15.6. The average Bonchev–Trinajstić information content (AvgIpc) is 2.66. The van der Waals surface area contributed by atoms with Gasteiger partial charge in [-0.25, -0.2) is 4.79 Å². The summed E-state index contributed by atoms with van der Waals surface area (Å²) in [6.07, 6.45) is -1.67. The van der Waals surface area contributed by atoms with E-state index in [0.29, 0.717) is 0 Å². The molecular weight excluding hydrogens is 412 g/mol. The summed E-state index contributed by atoms with van der Waals surface area (Å²) >= 11 is 0. The van der Waals surface area contributed by atoms with Gasteiger partial charge in [-0.05, 0) is 6.42 Å². The highest BCUT2D eigenvalue weighted by molar-refractivity contribution is 5.95. The molecule has 0 aromatic heterocycles. The molecule has 4 atom stereocenters. The summed E-state index contributed by atoms with van der Waals surface area (Å²) in [5, 5.41) is 50.2. The van der Waals surface area contributed by atoms with Crippen molar-refractivity contribution < 1.29 is 54.3 Å². The maximum atomic E-state index is 12.3. The molecule has 0 rings (SSSR count). The maximum absolute atomic E-state index is 12.3. The van der Waals surface area contributed by atoms with Crippen LogP contribution in [0.4, 0.5) is 0 Å². The van der Waals surface area contributed by atoms with Crippen molar-refractivity contribution in [1.29, 1.82) is 0 Å². The molecule has 170 valence electrons. The fraction of sp³-hybridized carbons (Fsp3) is 0.600. The molecule has 0 spiro atoms. The standard InChI is InChI=1S/C15H24N4O11/c16-6(1-2-10(22)23)12(26)17-7(3-11(24)25)13(27)18-8(4-20)14(28)19-9(5-21)15(29)30/h6-9,20-21H,1-5,16H2,(H,17,26)(H,18,27)(H,19,28)(H,22,23)(H,24,25)(H,29,30). The predicted molar refractivity (Wildman–Crippen MR) is 94.7 cm³/mol. The molecule has 0 bridgehead atoms. The van der Waals surface area contributed by atoms with Crippen molar-refractivity contribution in [3.63, 3.8) is 0 Å². The third-order valence-corrected chi connectivity index (χ3v) is 3.63. The van der Waals surface area contributed by atoms with Gasteiger partial charge in [-0.2, -0.15) is 0 Å².